The van der Waals surface area contributed by atoms with Crippen molar-refractivity contribution >= 4 is 23.0 Å². The summed E-state index contributed by atoms with van der Waals surface area (Å²) in [6, 6.07) is 10.6. The number of rotatable bonds is 6. The molecule has 1 unspecified atom stereocenters. The van der Waals surface area contributed by atoms with Crippen LogP contribution in [0.25, 0.3) is 0 Å². The Labute approximate surface area is 156 Å². The zero-order valence-corrected chi connectivity index (χ0v) is 16.7. The van der Waals surface area contributed by atoms with E-state index in [4.69, 9.17) is 12.2 Å². The number of aromatic nitrogens is 1. The standard InChI is InChI=1S/C20H28N4S/c1-15-7-6-8-16(2)19(15)22-20(25)24(14-13-23(4)5)17(3)18-9-11-21-12-10-18/h6-12,17H,13-14H2,1-5H3,(H,22,25)/p+1. The molecule has 1 atom stereocenters. The Morgan fingerprint density at radius 1 is 1.16 bits per heavy atom. The average molecular weight is 358 g/mol. The van der Waals surface area contributed by atoms with Gasteiger partial charge in [-0.2, -0.15) is 0 Å². The predicted molar refractivity (Wildman–Crippen MR) is 109 cm³/mol. The summed E-state index contributed by atoms with van der Waals surface area (Å²) in [6.07, 6.45) is 3.67. The number of hydrogen-bond donors (Lipinski definition) is 2. The van der Waals surface area contributed by atoms with Gasteiger partial charge in [0.1, 0.15) is 0 Å². The highest BCUT2D eigenvalue weighted by atomic mass is 32.1. The van der Waals surface area contributed by atoms with E-state index in [2.05, 4.69) is 80.4 Å². The van der Waals surface area contributed by atoms with E-state index in [1.54, 1.807) is 0 Å². The number of quaternary nitrogens is 1. The first-order chi connectivity index (χ1) is 11.9. The second-order valence-electron chi connectivity index (χ2n) is 6.80. The first-order valence-corrected chi connectivity index (χ1v) is 9.13. The lowest BCUT2D eigenvalue weighted by molar-refractivity contribution is -0.857. The van der Waals surface area contributed by atoms with Gasteiger partial charge in [0.05, 0.1) is 33.2 Å². The van der Waals surface area contributed by atoms with Crippen molar-refractivity contribution in [1.29, 1.82) is 0 Å². The zero-order valence-electron chi connectivity index (χ0n) is 15.8. The molecule has 0 saturated carbocycles. The van der Waals surface area contributed by atoms with Crippen LogP contribution < -0.4 is 10.2 Å². The lowest BCUT2D eigenvalue weighted by Crippen LogP contribution is -3.06. The van der Waals surface area contributed by atoms with Crippen molar-refractivity contribution in [1.82, 2.24) is 9.88 Å². The topological polar surface area (TPSA) is 32.6 Å². The van der Waals surface area contributed by atoms with Crippen LogP contribution in [0.5, 0.6) is 0 Å². The minimum atomic E-state index is 0.187. The van der Waals surface area contributed by atoms with Gasteiger partial charge < -0.3 is 15.1 Å². The third kappa shape index (κ3) is 5.25. The SMILES string of the molecule is Cc1cccc(C)c1NC(=S)N(CC[NH+](C)C)C(C)c1ccncc1. The van der Waals surface area contributed by atoms with E-state index < -0.39 is 0 Å². The second kappa shape index (κ2) is 8.92. The van der Waals surface area contributed by atoms with Crippen molar-refractivity contribution in [2.45, 2.75) is 26.8 Å². The molecule has 0 amide bonds. The Bertz CT molecular complexity index is 680. The summed E-state index contributed by atoms with van der Waals surface area (Å²) in [5.74, 6) is 0. The summed E-state index contributed by atoms with van der Waals surface area (Å²) >= 11 is 5.79. The number of thiocarbonyl (C=S) groups is 1. The van der Waals surface area contributed by atoms with Crippen molar-refractivity contribution in [2.75, 3.05) is 32.5 Å². The molecule has 5 heteroatoms. The van der Waals surface area contributed by atoms with Crippen LogP contribution in [0.1, 0.15) is 29.7 Å². The number of nitrogens with zero attached hydrogens (tertiary/aromatic N) is 2. The van der Waals surface area contributed by atoms with Crippen molar-refractivity contribution in [2.24, 2.45) is 0 Å². The molecule has 2 rings (SSSR count). The number of nitrogens with one attached hydrogen (secondary N) is 2. The molecule has 134 valence electrons. The first-order valence-electron chi connectivity index (χ1n) is 8.73. The minimum Gasteiger partial charge on any atom is -0.338 e. The molecule has 1 aromatic carbocycles. The summed E-state index contributed by atoms with van der Waals surface area (Å²) in [4.78, 5) is 7.80. The zero-order chi connectivity index (χ0) is 18.4. The van der Waals surface area contributed by atoms with E-state index in [0.717, 1.165) is 23.9 Å². The molecular formula is C20H29N4S+. The van der Waals surface area contributed by atoms with Crippen molar-refractivity contribution in [3.8, 4) is 0 Å². The molecule has 0 fully saturated rings. The highest BCUT2D eigenvalue weighted by Gasteiger charge is 2.20. The van der Waals surface area contributed by atoms with Crippen LogP contribution in [0, 0.1) is 13.8 Å². The van der Waals surface area contributed by atoms with Gasteiger partial charge in [-0.05, 0) is 61.8 Å². The fourth-order valence-corrected chi connectivity index (χ4v) is 3.18. The Morgan fingerprint density at radius 2 is 1.76 bits per heavy atom. The van der Waals surface area contributed by atoms with Crippen molar-refractivity contribution < 1.29 is 4.90 Å². The Kier molecular flexibility index (Phi) is 6.91. The largest absolute Gasteiger partial charge is 0.338 e. The number of benzene rings is 1. The van der Waals surface area contributed by atoms with Gasteiger partial charge in [0.25, 0.3) is 0 Å². The molecule has 0 radical (unpaired) electrons. The molecule has 0 aliphatic heterocycles. The summed E-state index contributed by atoms with van der Waals surface area (Å²) in [5, 5.41) is 4.25. The number of hydrogen-bond acceptors (Lipinski definition) is 2. The lowest BCUT2D eigenvalue weighted by Gasteiger charge is -2.32. The summed E-state index contributed by atoms with van der Waals surface area (Å²) in [5.41, 5.74) is 4.74. The molecule has 0 saturated heterocycles. The average Bonchev–Trinajstić information content (AvgIpc) is 2.59. The van der Waals surface area contributed by atoms with Gasteiger partial charge in [-0.1, -0.05) is 18.2 Å². The van der Waals surface area contributed by atoms with Gasteiger partial charge in [-0.15, -0.1) is 0 Å². The minimum absolute atomic E-state index is 0.187. The smallest absolute Gasteiger partial charge is 0.174 e. The van der Waals surface area contributed by atoms with Gasteiger partial charge in [-0.25, -0.2) is 0 Å². The number of pyridine rings is 1. The van der Waals surface area contributed by atoms with Gasteiger partial charge in [0.2, 0.25) is 0 Å². The Balaban J connectivity index is 2.23. The molecule has 0 aliphatic carbocycles. The van der Waals surface area contributed by atoms with E-state index >= 15 is 0 Å². The Morgan fingerprint density at radius 3 is 2.32 bits per heavy atom. The van der Waals surface area contributed by atoms with Gasteiger partial charge in [0, 0.05) is 18.1 Å². The molecule has 1 aromatic heterocycles. The van der Waals surface area contributed by atoms with Crippen LogP contribution in [0.3, 0.4) is 0 Å². The maximum absolute atomic E-state index is 5.79. The van der Waals surface area contributed by atoms with Crippen LogP contribution in [0.4, 0.5) is 5.69 Å². The van der Waals surface area contributed by atoms with Crippen molar-refractivity contribution in [3.63, 3.8) is 0 Å². The molecule has 2 N–H and O–H groups in total. The van der Waals surface area contributed by atoms with E-state index in [1.165, 1.54) is 21.6 Å². The van der Waals surface area contributed by atoms with E-state index in [9.17, 15) is 0 Å². The maximum atomic E-state index is 5.79. The number of anilines is 1. The van der Waals surface area contributed by atoms with Gasteiger partial charge in [0.15, 0.2) is 5.11 Å². The summed E-state index contributed by atoms with van der Waals surface area (Å²) in [7, 11) is 4.33. The van der Waals surface area contributed by atoms with Crippen LogP contribution in [-0.2, 0) is 0 Å². The molecule has 0 bridgehead atoms. The van der Waals surface area contributed by atoms with E-state index in [-0.39, 0.29) is 6.04 Å². The molecule has 2 aromatic rings. The maximum Gasteiger partial charge on any atom is 0.174 e. The summed E-state index contributed by atoms with van der Waals surface area (Å²) in [6.45, 7) is 8.32. The number of para-hydroxylation sites is 1. The van der Waals surface area contributed by atoms with Crippen LogP contribution in [-0.4, -0.2) is 42.2 Å². The molecule has 4 nitrogen and oxygen atoms in total. The fraction of sp³-hybridized carbons (Fsp3) is 0.400. The fourth-order valence-electron chi connectivity index (χ4n) is 2.83. The monoisotopic (exact) mass is 357 g/mol. The number of likely N-dealkylation sites (N-methyl/N-ethyl adjacent to an activating group) is 1. The quantitative estimate of drug-likeness (QED) is 0.779. The van der Waals surface area contributed by atoms with Gasteiger partial charge in [-0.3, -0.25) is 4.98 Å². The van der Waals surface area contributed by atoms with E-state index in [0.29, 0.717) is 0 Å². The normalized spacial score (nSPS) is 12.1. The van der Waals surface area contributed by atoms with Gasteiger partial charge >= 0.3 is 0 Å². The predicted octanol–water partition coefficient (Wildman–Crippen LogP) is 2.60. The highest BCUT2D eigenvalue weighted by molar-refractivity contribution is 7.80. The lowest BCUT2D eigenvalue weighted by atomic mass is 10.1. The first kappa shape index (κ1) is 19.3. The van der Waals surface area contributed by atoms with Crippen LogP contribution >= 0.6 is 12.2 Å². The number of aryl methyl sites for hydroxylation is 2. The van der Waals surface area contributed by atoms with E-state index in [1.807, 2.05) is 12.4 Å². The summed E-state index contributed by atoms with van der Waals surface area (Å²) < 4.78 is 0. The van der Waals surface area contributed by atoms with Crippen LogP contribution in [0.15, 0.2) is 42.7 Å². The highest BCUT2D eigenvalue weighted by Crippen LogP contribution is 2.23. The Hall–Kier alpha value is -1.98. The van der Waals surface area contributed by atoms with Crippen molar-refractivity contribution in [3.05, 3.63) is 59.4 Å². The molecule has 25 heavy (non-hydrogen) atoms. The molecule has 1 heterocycles. The molecular weight excluding hydrogens is 328 g/mol. The third-order valence-electron chi connectivity index (χ3n) is 4.48. The second-order valence-corrected chi connectivity index (χ2v) is 7.19. The van der Waals surface area contributed by atoms with Crippen LogP contribution in [0.2, 0.25) is 0 Å². The third-order valence-corrected chi connectivity index (χ3v) is 4.82. The molecule has 0 spiro atoms. The molecule has 0 aliphatic rings.